The summed E-state index contributed by atoms with van der Waals surface area (Å²) in [4.78, 5) is 13.7. The summed E-state index contributed by atoms with van der Waals surface area (Å²) < 4.78 is 26.4. The van der Waals surface area contributed by atoms with Crippen molar-refractivity contribution in [2.75, 3.05) is 24.2 Å². The molecule has 27 heavy (non-hydrogen) atoms. The molecule has 1 amide bonds. The second-order valence-corrected chi connectivity index (χ2v) is 8.66. The summed E-state index contributed by atoms with van der Waals surface area (Å²) in [5, 5.41) is 2.89. The molecule has 2 aromatic rings. The minimum Gasteiger partial charge on any atom is -0.321 e. The molecule has 0 spiro atoms. The minimum atomic E-state index is -3.53. The van der Waals surface area contributed by atoms with Crippen molar-refractivity contribution in [1.29, 1.82) is 0 Å². The van der Waals surface area contributed by atoms with E-state index < -0.39 is 10.0 Å². The molecular formula is C20H24N2O3S2. The summed E-state index contributed by atoms with van der Waals surface area (Å²) in [6.07, 6.45) is 1.80. The molecule has 0 bridgehead atoms. The van der Waals surface area contributed by atoms with Crippen LogP contribution in [0.15, 0.2) is 71.0 Å². The van der Waals surface area contributed by atoms with Crippen LogP contribution >= 0.6 is 11.8 Å². The van der Waals surface area contributed by atoms with Gasteiger partial charge >= 0.3 is 0 Å². The topological polar surface area (TPSA) is 66.5 Å². The van der Waals surface area contributed by atoms with E-state index in [0.29, 0.717) is 24.3 Å². The molecule has 0 atom stereocenters. The number of benzene rings is 2. The maximum absolute atomic E-state index is 12.5. The Hall–Kier alpha value is -2.09. The number of thioether (sulfide) groups is 1. The Bertz CT molecular complexity index is 890. The van der Waals surface area contributed by atoms with Crippen LogP contribution in [-0.2, 0) is 10.0 Å². The van der Waals surface area contributed by atoms with Crippen molar-refractivity contribution in [2.45, 2.75) is 23.6 Å². The molecule has 2 rings (SSSR count). The number of nitrogens with zero attached hydrogens (tertiary/aromatic N) is 1. The van der Waals surface area contributed by atoms with Gasteiger partial charge in [0.1, 0.15) is 0 Å². The van der Waals surface area contributed by atoms with Crippen LogP contribution in [0.3, 0.4) is 0 Å². The van der Waals surface area contributed by atoms with Gasteiger partial charge in [0.15, 0.2) is 0 Å². The van der Waals surface area contributed by atoms with E-state index in [0.717, 1.165) is 10.6 Å². The number of nitrogens with one attached hydrogen (secondary N) is 1. The van der Waals surface area contributed by atoms with E-state index in [4.69, 9.17) is 0 Å². The van der Waals surface area contributed by atoms with Gasteiger partial charge in [0.2, 0.25) is 10.0 Å². The Morgan fingerprint density at radius 1 is 1.11 bits per heavy atom. The van der Waals surface area contributed by atoms with Gasteiger partial charge in [-0.1, -0.05) is 32.1 Å². The van der Waals surface area contributed by atoms with E-state index in [1.54, 1.807) is 31.7 Å². The number of hydrogen-bond donors (Lipinski definition) is 1. The number of carbonyl (C=O) groups excluding carboxylic acids is 1. The van der Waals surface area contributed by atoms with Crippen LogP contribution in [0.2, 0.25) is 0 Å². The number of anilines is 1. The Morgan fingerprint density at radius 2 is 1.74 bits per heavy atom. The Labute approximate surface area is 165 Å². The first-order valence-corrected chi connectivity index (χ1v) is 11.1. The maximum Gasteiger partial charge on any atom is 0.255 e. The van der Waals surface area contributed by atoms with Crippen molar-refractivity contribution in [3.05, 3.63) is 66.7 Å². The lowest BCUT2D eigenvalue weighted by molar-refractivity contribution is 0.102. The number of hydrogen-bond acceptors (Lipinski definition) is 4. The zero-order chi connectivity index (χ0) is 19.9. The zero-order valence-corrected chi connectivity index (χ0v) is 17.1. The largest absolute Gasteiger partial charge is 0.321 e. The van der Waals surface area contributed by atoms with E-state index in [-0.39, 0.29) is 10.8 Å². The van der Waals surface area contributed by atoms with Crippen molar-refractivity contribution in [1.82, 2.24) is 4.31 Å². The summed E-state index contributed by atoms with van der Waals surface area (Å²) in [6, 6.07) is 13.5. The lowest BCUT2D eigenvalue weighted by atomic mass is 10.2. The van der Waals surface area contributed by atoms with Gasteiger partial charge in [0.25, 0.3) is 5.91 Å². The smallest absolute Gasteiger partial charge is 0.255 e. The summed E-state index contributed by atoms with van der Waals surface area (Å²) in [5.74, 6) is 0.457. The van der Waals surface area contributed by atoms with Gasteiger partial charge in [-0.3, -0.25) is 4.79 Å². The molecule has 0 aliphatic carbocycles. The molecule has 0 radical (unpaired) electrons. The second kappa shape index (κ2) is 9.73. The van der Waals surface area contributed by atoms with Gasteiger partial charge in [-0.15, -0.1) is 18.3 Å². The van der Waals surface area contributed by atoms with Crippen LogP contribution < -0.4 is 5.32 Å². The van der Waals surface area contributed by atoms with Gasteiger partial charge in [0.05, 0.1) is 10.6 Å². The molecule has 0 aliphatic rings. The standard InChI is InChI=1S/C20H24N2O3S2/c1-4-15-26-19-10-8-7-9-18(19)21-20(23)16-11-13-17(14-12-16)27(24,25)22(5-2)6-3/h4,7-14H,1,5-6,15H2,2-3H3,(H,21,23). The highest BCUT2D eigenvalue weighted by Crippen LogP contribution is 2.27. The minimum absolute atomic E-state index is 0.185. The molecule has 1 N–H and O–H groups in total. The third kappa shape index (κ3) is 5.22. The molecule has 144 valence electrons. The third-order valence-electron chi connectivity index (χ3n) is 3.95. The lowest BCUT2D eigenvalue weighted by Gasteiger charge is -2.18. The zero-order valence-electron chi connectivity index (χ0n) is 15.5. The monoisotopic (exact) mass is 404 g/mol. The third-order valence-corrected chi connectivity index (χ3v) is 7.09. The second-order valence-electron chi connectivity index (χ2n) is 5.66. The van der Waals surface area contributed by atoms with Crippen LogP contribution in [0, 0.1) is 0 Å². The highest BCUT2D eigenvalue weighted by Gasteiger charge is 2.21. The van der Waals surface area contributed by atoms with E-state index in [2.05, 4.69) is 11.9 Å². The van der Waals surface area contributed by atoms with E-state index >= 15 is 0 Å². The molecule has 0 unspecified atom stereocenters. The normalized spacial score (nSPS) is 11.4. The van der Waals surface area contributed by atoms with Gasteiger partial charge in [0, 0.05) is 29.3 Å². The molecule has 2 aromatic carbocycles. The summed E-state index contributed by atoms with van der Waals surface area (Å²) >= 11 is 1.58. The predicted octanol–water partition coefficient (Wildman–Crippen LogP) is 4.25. The first kappa shape index (κ1) is 21.2. The van der Waals surface area contributed by atoms with Crippen LogP contribution in [-0.4, -0.2) is 37.5 Å². The van der Waals surface area contributed by atoms with Gasteiger partial charge < -0.3 is 5.32 Å². The first-order chi connectivity index (χ1) is 12.9. The van der Waals surface area contributed by atoms with Gasteiger partial charge in [-0.25, -0.2) is 8.42 Å². The highest BCUT2D eigenvalue weighted by molar-refractivity contribution is 7.99. The van der Waals surface area contributed by atoms with Crippen LogP contribution in [0.25, 0.3) is 0 Å². The van der Waals surface area contributed by atoms with Crippen molar-refractivity contribution in [3.8, 4) is 0 Å². The molecule has 0 aliphatic heterocycles. The first-order valence-electron chi connectivity index (χ1n) is 8.68. The van der Waals surface area contributed by atoms with E-state index in [1.165, 1.54) is 28.6 Å². The number of amides is 1. The average Bonchev–Trinajstić information content (AvgIpc) is 2.68. The Balaban J connectivity index is 2.18. The summed E-state index contributed by atoms with van der Waals surface area (Å²) in [5.41, 5.74) is 1.12. The fraction of sp³-hybridized carbons (Fsp3) is 0.250. The molecule has 0 saturated carbocycles. The van der Waals surface area contributed by atoms with Crippen molar-refractivity contribution < 1.29 is 13.2 Å². The van der Waals surface area contributed by atoms with Crippen LogP contribution in [0.5, 0.6) is 0 Å². The SMILES string of the molecule is C=CCSc1ccccc1NC(=O)c1ccc(S(=O)(=O)N(CC)CC)cc1. The van der Waals surface area contributed by atoms with E-state index in [9.17, 15) is 13.2 Å². The Morgan fingerprint density at radius 3 is 2.33 bits per heavy atom. The van der Waals surface area contributed by atoms with Gasteiger partial charge in [-0.05, 0) is 36.4 Å². The number of sulfonamides is 1. The van der Waals surface area contributed by atoms with Gasteiger partial charge in [-0.2, -0.15) is 4.31 Å². The van der Waals surface area contributed by atoms with E-state index in [1.807, 2.05) is 24.3 Å². The molecule has 0 heterocycles. The number of para-hydroxylation sites is 1. The molecule has 7 heteroatoms. The number of carbonyl (C=O) groups is 1. The van der Waals surface area contributed by atoms with Crippen molar-refractivity contribution in [3.63, 3.8) is 0 Å². The summed E-state index contributed by atoms with van der Waals surface area (Å²) in [7, 11) is -3.53. The fourth-order valence-electron chi connectivity index (χ4n) is 2.53. The Kier molecular flexibility index (Phi) is 7.65. The summed E-state index contributed by atoms with van der Waals surface area (Å²) in [6.45, 7) is 8.10. The average molecular weight is 405 g/mol. The quantitative estimate of drug-likeness (QED) is 0.501. The molecule has 0 aromatic heterocycles. The maximum atomic E-state index is 12.5. The molecular weight excluding hydrogens is 380 g/mol. The number of rotatable bonds is 9. The fourth-order valence-corrected chi connectivity index (χ4v) is 4.73. The highest BCUT2D eigenvalue weighted by atomic mass is 32.2. The van der Waals surface area contributed by atoms with Crippen LogP contribution in [0.1, 0.15) is 24.2 Å². The van der Waals surface area contributed by atoms with Crippen molar-refractivity contribution in [2.24, 2.45) is 0 Å². The van der Waals surface area contributed by atoms with Crippen LogP contribution in [0.4, 0.5) is 5.69 Å². The lowest BCUT2D eigenvalue weighted by Crippen LogP contribution is -2.30. The molecule has 0 fully saturated rings. The predicted molar refractivity (Wildman–Crippen MR) is 112 cm³/mol. The molecule has 0 saturated heterocycles. The van der Waals surface area contributed by atoms with Crippen molar-refractivity contribution >= 4 is 33.4 Å². The molecule has 5 nitrogen and oxygen atoms in total.